The molecule has 2 saturated carbocycles. The van der Waals surface area contributed by atoms with E-state index in [-0.39, 0.29) is 0 Å². The normalized spacial score (nSPS) is 30.5. The van der Waals surface area contributed by atoms with Crippen LogP contribution in [-0.4, -0.2) is 37.1 Å². The smallest absolute Gasteiger partial charge is 0.0104 e. The highest BCUT2D eigenvalue weighted by Gasteiger charge is 2.32. The topological polar surface area (TPSA) is 15.3 Å². The minimum atomic E-state index is 0.774. The first-order valence-corrected chi connectivity index (χ1v) is 7.76. The molecule has 0 saturated heterocycles. The zero-order valence-corrected chi connectivity index (χ0v) is 11.8. The number of hydrogen-bond donors (Lipinski definition) is 1. The van der Waals surface area contributed by atoms with Gasteiger partial charge in [-0.05, 0) is 51.6 Å². The molecule has 1 N–H and O–H groups in total. The molecule has 17 heavy (non-hydrogen) atoms. The largest absolute Gasteiger partial charge is 0.317 e. The fraction of sp³-hybridized carbons (Fsp3) is 1.00. The monoisotopic (exact) mass is 238 g/mol. The Morgan fingerprint density at radius 2 is 1.82 bits per heavy atom. The molecule has 0 aromatic heterocycles. The SMILES string of the molecule is CCCN(CC1CCCCCC1NC)C1CC1. The van der Waals surface area contributed by atoms with Crippen LogP contribution in [0.3, 0.4) is 0 Å². The Balaban J connectivity index is 1.88. The third-order valence-corrected chi connectivity index (χ3v) is 4.57. The molecule has 0 spiro atoms. The highest BCUT2D eigenvalue weighted by molar-refractivity contribution is 4.88. The summed E-state index contributed by atoms with van der Waals surface area (Å²) in [6.07, 6.45) is 11.4. The Morgan fingerprint density at radius 3 is 2.47 bits per heavy atom. The molecule has 0 amide bonds. The molecule has 2 aliphatic carbocycles. The van der Waals surface area contributed by atoms with E-state index >= 15 is 0 Å². The second kappa shape index (κ2) is 6.75. The lowest BCUT2D eigenvalue weighted by atomic mass is 9.94. The quantitative estimate of drug-likeness (QED) is 0.716. The van der Waals surface area contributed by atoms with Crippen LogP contribution in [0.25, 0.3) is 0 Å². The van der Waals surface area contributed by atoms with Crippen molar-refractivity contribution in [2.24, 2.45) is 5.92 Å². The second-order valence-electron chi connectivity index (χ2n) is 6.02. The van der Waals surface area contributed by atoms with E-state index in [1.807, 2.05) is 0 Å². The van der Waals surface area contributed by atoms with E-state index < -0.39 is 0 Å². The molecular weight excluding hydrogens is 208 g/mol. The van der Waals surface area contributed by atoms with E-state index in [9.17, 15) is 0 Å². The predicted molar refractivity (Wildman–Crippen MR) is 74.3 cm³/mol. The van der Waals surface area contributed by atoms with Crippen LogP contribution in [0.4, 0.5) is 0 Å². The van der Waals surface area contributed by atoms with Gasteiger partial charge < -0.3 is 10.2 Å². The molecule has 0 heterocycles. The number of nitrogens with zero attached hydrogens (tertiary/aromatic N) is 1. The summed E-state index contributed by atoms with van der Waals surface area (Å²) in [4.78, 5) is 2.78. The standard InChI is InChI=1S/C15H30N2/c1-3-11-17(14-9-10-14)12-13-7-5-4-6-8-15(13)16-2/h13-16H,3-12H2,1-2H3. The summed E-state index contributed by atoms with van der Waals surface area (Å²) in [6.45, 7) is 4.99. The van der Waals surface area contributed by atoms with Gasteiger partial charge >= 0.3 is 0 Å². The van der Waals surface area contributed by atoms with E-state index in [1.165, 1.54) is 64.5 Å². The third kappa shape index (κ3) is 3.96. The van der Waals surface area contributed by atoms with E-state index in [0.29, 0.717) is 0 Å². The van der Waals surface area contributed by atoms with Crippen LogP contribution in [0, 0.1) is 5.92 Å². The first kappa shape index (κ1) is 13.4. The summed E-state index contributed by atoms with van der Waals surface area (Å²) in [5, 5.41) is 3.57. The first-order chi connectivity index (χ1) is 8.35. The highest BCUT2D eigenvalue weighted by atomic mass is 15.2. The molecule has 100 valence electrons. The van der Waals surface area contributed by atoms with Crippen LogP contribution in [0.2, 0.25) is 0 Å². The fourth-order valence-corrected chi connectivity index (χ4v) is 3.43. The average Bonchev–Trinajstić information content (AvgIpc) is 3.16. The lowest BCUT2D eigenvalue weighted by Crippen LogP contribution is -2.41. The number of nitrogens with one attached hydrogen (secondary N) is 1. The maximum absolute atomic E-state index is 3.57. The van der Waals surface area contributed by atoms with Crippen molar-refractivity contribution in [3.05, 3.63) is 0 Å². The Labute approximate surface area is 107 Å². The van der Waals surface area contributed by atoms with Gasteiger partial charge in [0.1, 0.15) is 0 Å². The summed E-state index contributed by atoms with van der Waals surface area (Å²) in [5.74, 6) is 0.898. The Morgan fingerprint density at radius 1 is 1.06 bits per heavy atom. The van der Waals surface area contributed by atoms with Crippen molar-refractivity contribution >= 4 is 0 Å². The fourth-order valence-electron chi connectivity index (χ4n) is 3.43. The van der Waals surface area contributed by atoms with Gasteiger partial charge in [0.25, 0.3) is 0 Å². The maximum Gasteiger partial charge on any atom is 0.0104 e. The van der Waals surface area contributed by atoms with Crippen molar-refractivity contribution in [3.8, 4) is 0 Å². The van der Waals surface area contributed by atoms with Crippen molar-refractivity contribution < 1.29 is 0 Å². The van der Waals surface area contributed by atoms with Gasteiger partial charge in [-0.2, -0.15) is 0 Å². The highest BCUT2D eigenvalue weighted by Crippen LogP contribution is 2.31. The molecule has 2 fully saturated rings. The summed E-state index contributed by atoms with van der Waals surface area (Å²) < 4.78 is 0. The maximum atomic E-state index is 3.57. The molecule has 2 unspecified atom stereocenters. The Hall–Kier alpha value is -0.0800. The summed E-state index contributed by atoms with van der Waals surface area (Å²) >= 11 is 0. The van der Waals surface area contributed by atoms with Gasteiger partial charge in [-0.3, -0.25) is 0 Å². The average molecular weight is 238 g/mol. The minimum absolute atomic E-state index is 0.774. The molecule has 0 aliphatic heterocycles. The van der Waals surface area contributed by atoms with Gasteiger partial charge in [0.15, 0.2) is 0 Å². The van der Waals surface area contributed by atoms with E-state index in [2.05, 4.69) is 24.2 Å². The van der Waals surface area contributed by atoms with Crippen molar-refractivity contribution in [1.29, 1.82) is 0 Å². The van der Waals surface area contributed by atoms with Crippen molar-refractivity contribution in [2.45, 2.75) is 70.4 Å². The number of rotatable bonds is 6. The molecule has 2 aliphatic rings. The second-order valence-corrected chi connectivity index (χ2v) is 6.02. The van der Waals surface area contributed by atoms with E-state index in [0.717, 1.165) is 18.0 Å². The summed E-state index contributed by atoms with van der Waals surface area (Å²) in [6, 6.07) is 1.71. The van der Waals surface area contributed by atoms with Crippen LogP contribution in [0.15, 0.2) is 0 Å². The zero-order valence-electron chi connectivity index (χ0n) is 11.8. The predicted octanol–water partition coefficient (Wildman–Crippen LogP) is 3.03. The third-order valence-electron chi connectivity index (χ3n) is 4.57. The minimum Gasteiger partial charge on any atom is -0.317 e. The molecule has 0 aromatic rings. The molecular formula is C15H30N2. The zero-order chi connectivity index (χ0) is 12.1. The summed E-state index contributed by atoms with van der Waals surface area (Å²) in [7, 11) is 2.16. The number of hydrogen-bond acceptors (Lipinski definition) is 2. The van der Waals surface area contributed by atoms with Gasteiger partial charge in [0.2, 0.25) is 0 Å². The van der Waals surface area contributed by atoms with Crippen LogP contribution >= 0.6 is 0 Å². The van der Waals surface area contributed by atoms with Crippen molar-refractivity contribution in [2.75, 3.05) is 20.1 Å². The van der Waals surface area contributed by atoms with E-state index in [4.69, 9.17) is 0 Å². The van der Waals surface area contributed by atoms with Crippen LogP contribution in [-0.2, 0) is 0 Å². The van der Waals surface area contributed by atoms with Crippen molar-refractivity contribution in [3.63, 3.8) is 0 Å². The Bertz CT molecular complexity index is 213. The van der Waals surface area contributed by atoms with Gasteiger partial charge in [0.05, 0.1) is 0 Å². The lowest BCUT2D eigenvalue weighted by molar-refractivity contribution is 0.189. The van der Waals surface area contributed by atoms with Crippen LogP contribution in [0.5, 0.6) is 0 Å². The molecule has 0 bridgehead atoms. The molecule has 2 heteroatoms. The van der Waals surface area contributed by atoms with Gasteiger partial charge in [-0.25, -0.2) is 0 Å². The Kier molecular flexibility index (Phi) is 5.30. The molecule has 0 aromatic carbocycles. The molecule has 2 rings (SSSR count). The van der Waals surface area contributed by atoms with Crippen molar-refractivity contribution in [1.82, 2.24) is 10.2 Å². The molecule has 0 radical (unpaired) electrons. The summed E-state index contributed by atoms with van der Waals surface area (Å²) in [5.41, 5.74) is 0. The van der Waals surface area contributed by atoms with Gasteiger partial charge in [-0.15, -0.1) is 0 Å². The van der Waals surface area contributed by atoms with E-state index in [1.54, 1.807) is 0 Å². The van der Waals surface area contributed by atoms with Crippen LogP contribution < -0.4 is 5.32 Å². The molecule has 2 nitrogen and oxygen atoms in total. The lowest BCUT2D eigenvalue weighted by Gasteiger charge is -2.31. The van der Waals surface area contributed by atoms with Gasteiger partial charge in [-0.1, -0.05) is 26.2 Å². The van der Waals surface area contributed by atoms with Crippen LogP contribution in [0.1, 0.15) is 58.3 Å². The first-order valence-electron chi connectivity index (χ1n) is 7.76. The molecule has 2 atom stereocenters. The van der Waals surface area contributed by atoms with Gasteiger partial charge in [0, 0.05) is 18.6 Å².